The lowest BCUT2D eigenvalue weighted by Gasteiger charge is -2.56. The maximum atomic E-state index is 5.86. The number of ether oxygens (including phenoxy) is 1. The monoisotopic (exact) mass is 219 g/mol. The Kier molecular flexibility index (Phi) is 2.14. The van der Waals surface area contributed by atoms with Gasteiger partial charge in [-0.1, -0.05) is 0 Å². The lowest BCUT2D eigenvalue weighted by atomic mass is 9.53. The van der Waals surface area contributed by atoms with Crippen molar-refractivity contribution < 1.29 is 4.74 Å². The van der Waals surface area contributed by atoms with Gasteiger partial charge < -0.3 is 10.5 Å². The zero-order valence-electron chi connectivity index (χ0n) is 9.52. The summed E-state index contributed by atoms with van der Waals surface area (Å²) in [6.07, 6.45) is 8.30. The highest BCUT2D eigenvalue weighted by atomic mass is 16.5. The highest BCUT2D eigenvalue weighted by Crippen LogP contribution is 2.56. The van der Waals surface area contributed by atoms with Crippen LogP contribution in [0.15, 0.2) is 12.5 Å². The molecule has 4 heteroatoms. The zero-order chi connectivity index (χ0) is 11.2. The number of hydrogen-bond acceptors (Lipinski definition) is 4. The zero-order valence-corrected chi connectivity index (χ0v) is 9.52. The van der Waals surface area contributed by atoms with E-state index in [-0.39, 0.29) is 0 Å². The minimum absolute atomic E-state index is 0.334. The average Bonchev–Trinajstić information content (AvgIpc) is 2.15. The molecule has 4 nitrogen and oxygen atoms in total. The van der Waals surface area contributed by atoms with Gasteiger partial charge in [-0.15, -0.1) is 0 Å². The molecule has 1 spiro atoms. The summed E-state index contributed by atoms with van der Waals surface area (Å²) < 4.78 is 5.86. The lowest BCUT2D eigenvalue weighted by Crippen LogP contribution is -2.56. The quantitative estimate of drug-likeness (QED) is 0.817. The van der Waals surface area contributed by atoms with Crippen LogP contribution in [0.1, 0.15) is 31.2 Å². The second-order valence-corrected chi connectivity index (χ2v) is 5.33. The molecule has 0 radical (unpaired) electrons. The molecule has 1 aromatic heterocycles. The van der Waals surface area contributed by atoms with Crippen LogP contribution in [0.4, 0.5) is 0 Å². The van der Waals surface area contributed by atoms with Gasteiger partial charge in [-0.25, -0.2) is 9.97 Å². The van der Waals surface area contributed by atoms with Crippen molar-refractivity contribution >= 4 is 0 Å². The van der Waals surface area contributed by atoms with Crippen LogP contribution in [0.3, 0.4) is 0 Å². The number of aryl methyl sites for hydroxylation is 1. The molecule has 2 fully saturated rings. The van der Waals surface area contributed by atoms with Crippen LogP contribution in [-0.2, 0) is 0 Å². The van der Waals surface area contributed by atoms with Crippen LogP contribution in [0.5, 0.6) is 5.88 Å². The molecule has 0 saturated heterocycles. The van der Waals surface area contributed by atoms with E-state index in [1.54, 1.807) is 6.20 Å². The standard InChI is InChI=1S/C12H17N3O/c1-8-6-14-7-15-11(8)16-10-4-12(5-10)2-9(13)3-12/h6-7,9-10H,2-5,13H2,1H3. The van der Waals surface area contributed by atoms with Gasteiger partial charge in [0.2, 0.25) is 5.88 Å². The molecule has 2 N–H and O–H groups in total. The van der Waals surface area contributed by atoms with Crippen molar-refractivity contribution in [3.63, 3.8) is 0 Å². The summed E-state index contributed by atoms with van der Waals surface area (Å²) in [6, 6.07) is 0.432. The summed E-state index contributed by atoms with van der Waals surface area (Å²) in [5.74, 6) is 0.735. The van der Waals surface area contributed by atoms with Gasteiger partial charge in [0.25, 0.3) is 0 Å². The van der Waals surface area contributed by atoms with Crippen LogP contribution in [0.25, 0.3) is 0 Å². The van der Waals surface area contributed by atoms with Gasteiger partial charge in [-0.3, -0.25) is 0 Å². The molecule has 0 aliphatic heterocycles. The first-order chi connectivity index (χ1) is 7.67. The third kappa shape index (κ3) is 1.57. The molecule has 0 bridgehead atoms. The predicted molar refractivity (Wildman–Crippen MR) is 60.1 cm³/mol. The summed E-state index contributed by atoms with van der Waals surface area (Å²) in [4.78, 5) is 8.10. The fraction of sp³-hybridized carbons (Fsp3) is 0.667. The van der Waals surface area contributed by atoms with Crippen LogP contribution in [0, 0.1) is 12.3 Å². The Labute approximate surface area is 95.2 Å². The van der Waals surface area contributed by atoms with Gasteiger partial charge in [0, 0.05) is 17.8 Å². The van der Waals surface area contributed by atoms with E-state index in [0.717, 1.165) is 24.3 Å². The molecule has 2 aliphatic rings. The van der Waals surface area contributed by atoms with Crippen LogP contribution < -0.4 is 10.5 Å². The van der Waals surface area contributed by atoms with Gasteiger partial charge in [0.05, 0.1) is 0 Å². The third-order valence-corrected chi connectivity index (χ3v) is 3.84. The van der Waals surface area contributed by atoms with Gasteiger partial charge in [0.15, 0.2) is 0 Å². The fourth-order valence-corrected chi connectivity index (χ4v) is 3.04. The van der Waals surface area contributed by atoms with Crippen molar-refractivity contribution in [3.05, 3.63) is 18.1 Å². The Hall–Kier alpha value is -1.16. The Morgan fingerprint density at radius 1 is 1.38 bits per heavy atom. The van der Waals surface area contributed by atoms with Crippen molar-refractivity contribution in [1.29, 1.82) is 0 Å². The molecular formula is C12H17N3O. The van der Waals surface area contributed by atoms with Crippen molar-refractivity contribution in [2.24, 2.45) is 11.1 Å². The second kappa shape index (κ2) is 3.42. The number of rotatable bonds is 2. The summed E-state index contributed by atoms with van der Waals surface area (Å²) in [7, 11) is 0. The van der Waals surface area contributed by atoms with E-state index in [4.69, 9.17) is 10.5 Å². The summed E-state index contributed by atoms with van der Waals surface area (Å²) in [6.45, 7) is 1.98. The second-order valence-electron chi connectivity index (χ2n) is 5.33. The molecule has 2 saturated carbocycles. The molecule has 1 aromatic rings. The first-order valence-electron chi connectivity index (χ1n) is 5.86. The molecule has 0 amide bonds. The van der Waals surface area contributed by atoms with E-state index in [0.29, 0.717) is 17.6 Å². The van der Waals surface area contributed by atoms with Crippen molar-refractivity contribution in [1.82, 2.24) is 9.97 Å². The number of nitrogens with two attached hydrogens (primary N) is 1. The topological polar surface area (TPSA) is 61.0 Å². The third-order valence-electron chi connectivity index (χ3n) is 3.84. The molecular weight excluding hydrogens is 202 g/mol. The van der Waals surface area contributed by atoms with Crippen LogP contribution >= 0.6 is 0 Å². The van der Waals surface area contributed by atoms with E-state index >= 15 is 0 Å². The van der Waals surface area contributed by atoms with Crippen molar-refractivity contribution in [3.8, 4) is 5.88 Å². The Balaban J connectivity index is 1.57. The van der Waals surface area contributed by atoms with Crippen molar-refractivity contribution in [2.75, 3.05) is 0 Å². The first kappa shape index (κ1) is 10.0. The highest BCUT2D eigenvalue weighted by Gasteiger charge is 2.52. The number of hydrogen-bond donors (Lipinski definition) is 1. The molecule has 86 valence electrons. The van der Waals surface area contributed by atoms with E-state index in [2.05, 4.69) is 9.97 Å². The minimum atomic E-state index is 0.334. The van der Waals surface area contributed by atoms with Gasteiger partial charge in [0.1, 0.15) is 12.4 Å². The molecule has 3 rings (SSSR count). The summed E-state index contributed by atoms with van der Waals surface area (Å²) in [5.41, 5.74) is 7.35. The van der Waals surface area contributed by atoms with E-state index in [1.165, 1.54) is 19.2 Å². The Bertz CT molecular complexity index is 393. The normalized spacial score (nSPS) is 36.6. The minimum Gasteiger partial charge on any atom is -0.474 e. The van der Waals surface area contributed by atoms with Crippen molar-refractivity contribution in [2.45, 2.75) is 44.8 Å². The smallest absolute Gasteiger partial charge is 0.219 e. The Morgan fingerprint density at radius 2 is 2.12 bits per heavy atom. The SMILES string of the molecule is Cc1cncnc1OC1CC2(CC(N)C2)C1. The fourth-order valence-electron chi connectivity index (χ4n) is 3.04. The molecule has 16 heavy (non-hydrogen) atoms. The molecule has 0 atom stereocenters. The maximum Gasteiger partial charge on any atom is 0.219 e. The van der Waals surface area contributed by atoms with Gasteiger partial charge in [-0.2, -0.15) is 0 Å². The average molecular weight is 219 g/mol. The molecule has 1 heterocycles. The predicted octanol–water partition coefficient (Wildman–Crippen LogP) is 1.43. The molecule has 0 aromatic carbocycles. The number of nitrogens with zero attached hydrogens (tertiary/aromatic N) is 2. The summed E-state index contributed by atoms with van der Waals surface area (Å²) >= 11 is 0. The largest absolute Gasteiger partial charge is 0.474 e. The maximum absolute atomic E-state index is 5.86. The Morgan fingerprint density at radius 3 is 2.75 bits per heavy atom. The first-order valence-corrected chi connectivity index (χ1v) is 5.86. The van der Waals surface area contributed by atoms with E-state index < -0.39 is 0 Å². The van der Waals surface area contributed by atoms with Gasteiger partial charge >= 0.3 is 0 Å². The van der Waals surface area contributed by atoms with Crippen LogP contribution in [0.2, 0.25) is 0 Å². The highest BCUT2D eigenvalue weighted by molar-refractivity contribution is 5.21. The van der Waals surface area contributed by atoms with E-state index in [9.17, 15) is 0 Å². The van der Waals surface area contributed by atoms with Crippen LogP contribution in [-0.4, -0.2) is 22.1 Å². The lowest BCUT2D eigenvalue weighted by molar-refractivity contribution is -0.0798. The number of aromatic nitrogens is 2. The van der Waals surface area contributed by atoms with Gasteiger partial charge in [-0.05, 0) is 38.0 Å². The van der Waals surface area contributed by atoms with E-state index in [1.807, 2.05) is 6.92 Å². The molecule has 0 unspecified atom stereocenters. The molecule has 2 aliphatic carbocycles. The summed E-state index contributed by atoms with van der Waals surface area (Å²) in [5, 5.41) is 0.